The van der Waals surface area contributed by atoms with E-state index < -0.39 is 10.8 Å². The van der Waals surface area contributed by atoms with Crippen LogP contribution < -0.4 is 10.2 Å². The first-order valence-corrected chi connectivity index (χ1v) is 9.27. The number of benzene rings is 2. The third-order valence-electron chi connectivity index (χ3n) is 4.28. The Morgan fingerprint density at radius 2 is 2.00 bits per heavy atom. The highest BCUT2D eigenvalue weighted by atomic mass is 35.5. The highest BCUT2D eigenvalue weighted by molar-refractivity contribution is 6.33. The third-order valence-corrected chi connectivity index (χ3v) is 4.61. The van der Waals surface area contributed by atoms with Crippen molar-refractivity contribution in [1.82, 2.24) is 5.43 Å². The van der Waals surface area contributed by atoms with Gasteiger partial charge in [-0.2, -0.15) is 5.10 Å². The second kappa shape index (κ2) is 9.23. The van der Waals surface area contributed by atoms with Crippen molar-refractivity contribution in [2.75, 3.05) is 6.61 Å². The monoisotopic (exact) mass is 427 g/mol. The summed E-state index contributed by atoms with van der Waals surface area (Å²) in [6.45, 7) is 3.77. The molecule has 0 aliphatic heterocycles. The van der Waals surface area contributed by atoms with Crippen molar-refractivity contribution in [3.8, 4) is 17.1 Å². The van der Waals surface area contributed by atoms with Crippen molar-refractivity contribution in [3.05, 3.63) is 80.6 Å². The number of nitro benzene ring substituents is 1. The number of non-ortho nitro benzene ring substituents is 1. The maximum atomic E-state index is 11.9. The van der Waals surface area contributed by atoms with E-state index in [2.05, 4.69) is 10.5 Å². The van der Waals surface area contributed by atoms with Crippen molar-refractivity contribution >= 4 is 29.4 Å². The Hall–Kier alpha value is -3.65. The Morgan fingerprint density at radius 3 is 2.73 bits per heavy atom. The van der Waals surface area contributed by atoms with Crippen molar-refractivity contribution in [2.24, 2.45) is 5.10 Å². The molecule has 1 aromatic heterocycles. The molecule has 154 valence electrons. The average molecular weight is 428 g/mol. The third kappa shape index (κ3) is 5.24. The quantitative estimate of drug-likeness (QED) is 0.335. The van der Waals surface area contributed by atoms with Gasteiger partial charge in [0.25, 0.3) is 11.6 Å². The average Bonchev–Trinajstić information content (AvgIpc) is 3.17. The molecular weight excluding hydrogens is 410 g/mol. The van der Waals surface area contributed by atoms with Gasteiger partial charge >= 0.3 is 0 Å². The number of hydrazone groups is 1. The highest BCUT2D eigenvalue weighted by Gasteiger charge is 2.14. The summed E-state index contributed by atoms with van der Waals surface area (Å²) in [6.07, 6.45) is 1.31. The van der Waals surface area contributed by atoms with Crippen LogP contribution in [-0.4, -0.2) is 23.7 Å². The number of nitro groups is 1. The first-order chi connectivity index (χ1) is 14.3. The fourth-order valence-electron chi connectivity index (χ4n) is 2.54. The van der Waals surface area contributed by atoms with Crippen LogP contribution in [0.3, 0.4) is 0 Å². The minimum atomic E-state index is -0.513. The summed E-state index contributed by atoms with van der Waals surface area (Å²) in [5.41, 5.74) is 4.84. The normalized spacial score (nSPS) is 10.9. The summed E-state index contributed by atoms with van der Waals surface area (Å²) >= 11 is 6.11. The molecule has 0 unspecified atom stereocenters. The van der Waals surface area contributed by atoms with Gasteiger partial charge in [0.1, 0.15) is 17.3 Å². The summed E-state index contributed by atoms with van der Waals surface area (Å²) in [5, 5.41) is 15.1. The Labute approximate surface area is 177 Å². The van der Waals surface area contributed by atoms with E-state index >= 15 is 0 Å². The second-order valence-corrected chi connectivity index (χ2v) is 6.86. The van der Waals surface area contributed by atoms with Crippen molar-refractivity contribution in [3.63, 3.8) is 0 Å². The SMILES string of the molecule is Cc1ccc(OCC(=O)NN=Cc2ccc(-c3cc([N+](=O)[O-])ccc3Cl)o2)cc1C. The molecule has 8 nitrogen and oxygen atoms in total. The first-order valence-electron chi connectivity index (χ1n) is 8.89. The lowest BCUT2D eigenvalue weighted by atomic mass is 10.1. The molecule has 2 aromatic carbocycles. The number of carbonyl (C=O) groups is 1. The van der Waals surface area contributed by atoms with Gasteiger partial charge in [-0.25, -0.2) is 5.43 Å². The second-order valence-electron chi connectivity index (χ2n) is 6.45. The first kappa shape index (κ1) is 21.1. The minimum Gasteiger partial charge on any atom is -0.484 e. The van der Waals surface area contributed by atoms with E-state index in [1.807, 2.05) is 26.0 Å². The summed E-state index contributed by atoms with van der Waals surface area (Å²) in [5.74, 6) is 0.845. The van der Waals surface area contributed by atoms with Crippen molar-refractivity contribution < 1.29 is 18.9 Å². The van der Waals surface area contributed by atoms with Gasteiger partial charge in [-0.3, -0.25) is 14.9 Å². The maximum Gasteiger partial charge on any atom is 0.277 e. The largest absolute Gasteiger partial charge is 0.484 e. The van der Waals surface area contributed by atoms with E-state index in [0.717, 1.165) is 11.1 Å². The molecule has 0 radical (unpaired) electrons. The van der Waals surface area contributed by atoms with E-state index in [1.54, 1.807) is 18.2 Å². The minimum absolute atomic E-state index is 0.1000. The molecule has 0 spiro atoms. The summed E-state index contributed by atoms with van der Waals surface area (Å²) in [6, 6.07) is 12.9. The molecule has 1 heterocycles. The molecule has 0 bridgehead atoms. The molecule has 0 aliphatic carbocycles. The van der Waals surface area contributed by atoms with Crippen LogP contribution in [0.5, 0.6) is 5.75 Å². The molecule has 3 rings (SSSR count). The molecule has 30 heavy (non-hydrogen) atoms. The van der Waals surface area contributed by atoms with Crippen LogP contribution in [0.4, 0.5) is 5.69 Å². The molecule has 0 saturated carbocycles. The molecule has 9 heteroatoms. The predicted octanol–water partition coefficient (Wildman–Crippen LogP) is 4.65. The number of rotatable bonds is 7. The van der Waals surface area contributed by atoms with Crippen LogP contribution in [0.15, 0.2) is 58.0 Å². The van der Waals surface area contributed by atoms with Crippen molar-refractivity contribution in [2.45, 2.75) is 13.8 Å². The lowest BCUT2D eigenvalue weighted by molar-refractivity contribution is -0.384. The van der Waals surface area contributed by atoms with Gasteiger partial charge in [0.2, 0.25) is 0 Å². The molecular formula is C21H18ClN3O5. The number of halogens is 1. The van der Waals surface area contributed by atoms with Crippen LogP contribution >= 0.6 is 11.6 Å². The van der Waals surface area contributed by atoms with E-state index in [9.17, 15) is 14.9 Å². The molecule has 3 aromatic rings. The number of nitrogens with zero attached hydrogens (tertiary/aromatic N) is 2. The Bertz CT molecular complexity index is 1120. The molecule has 0 saturated heterocycles. The van der Waals surface area contributed by atoms with Crippen LogP contribution in [-0.2, 0) is 4.79 Å². The predicted molar refractivity (Wildman–Crippen MR) is 113 cm³/mol. The summed E-state index contributed by atoms with van der Waals surface area (Å²) < 4.78 is 11.0. The van der Waals surface area contributed by atoms with Gasteiger partial charge in [0.15, 0.2) is 6.61 Å². The summed E-state index contributed by atoms with van der Waals surface area (Å²) in [4.78, 5) is 22.3. The molecule has 0 fully saturated rings. The Morgan fingerprint density at radius 1 is 1.20 bits per heavy atom. The van der Waals surface area contributed by atoms with Gasteiger partial charge in [0.05, 0.1) is 16.2 Å². The zero-order chi connectivity index (χ0) is 21.7. The number of aryl methyl sites for hydroxylation is 2. The van der Waals surface area contributed by atoms with E-state index in [1.165, 1.54) is 24.4 Å². The maximum absolute atomic E-state index is 11.9. The number of amides is 1. The van der Waals surface area contributed by atoms with E-state index in [-0.39, 0.29) is 12.3 Å². The fraction of sp³-hybridized carbons (Fsp3) is 0.143. The Kier molecular flexibility index (Phi) is 6.48. The number of ether oxygens (including phenoxy) is 1. The standard InChI is InChI=1S/C21H18ClN3O5/c1-13-3-5-16(9-14(13)2)29-12-21(26)24-23-11-17-6-8-20(30-17)18-10-15(25(27)28)4-7-19(18)22/h3-11H,12H2,1-2H3,(H,24,26). The smallest absolute Gasteiger partial charge is 0.277 e. The number of furan rings is 1. The van der Waals surface area contributed by atoms with Crippen LogP contribution in [0.1, 0.15) is 16.9 Å². The van der Waals surface area contributed by atoms with Gasteiger partial charge in [-0.1, -0.05) is 17.7 Å². The molecule has 1 amide bonds. The van der Waals surface area contributed by atoms with E-state index in [0.29, 0.717) is 27.9 Å². The van der Waals surface area contributed by atoms with Gasteiger partial charge in [0, 0.05) is 17.7 Å². The zero-order valence-corrected chi connectivity index (χ0v) is 17.0. The van der Waals surface area contributed by atoms with Gasteiger partial charge in [-0.05, 0) is 55.3 Å². The fourth-order valence-corrected chi connectivity index (χ4v) is 2.75. The number of hydrogen-bond donors (Lipinski definition) is 1. The van der Waals surface area contributed by atoms with Crippen LogP contribution in [0, 0.1) is 24.0 Å². The highest BCUT2D eigenvalue weighted by Crippen LogP contribution is 2.32. The number of hydrogen-bond acceptors (Lipinski definition) is 6. The molecule has 0 aliphatic rings. The van der Waals surface area contributed by atoms with Gasteiger partial charge < -0.3 is 9.15 Å². The van der Waals surface area contributed by atoms with E-state index in [4.69, 9.17) is 20.8 Å². The lowest BCUT2D eigenvalue weighted by Gasteiger charge is -2.07. The Balaban J connectivity index is 1.58. The van der Waals surface area contributed by atoms with Gasteiger partial charge in [-0.15, -0.1) is 0 Å². The molecule has 1 N–H and O–H groups in total. The topological polar surface area (TPSA) is 107 Å². The van der Waals surface area contributed by atoms with Crippen LogP contribution in [0.2, 0.25) is 5.02 Å². The molecule has 0 atom stereocenters. The zero-order valence-electron chi connectivity index (χ0n) is 16.2. The number of carbonyl (C=O) groups excluding carboxylic acids is 1. The summed E-state index contributed by atoms with van der Waals surface area (Å²) in [7, 11) is 0. The van der Waals surface area contributed by atoms with Crippen molar-refractivity contribution in [1.29, 1.82) is 0 Å². The number of nitrogens with one attached hydrogen (secondary N) is 1. The lowest BCUT2D eigenvalue weighted by Crippen LogP contribution is -2.24. The van der Waals surface area contributed by atoms with Crippen LogP contribution in [0.25, 0.3) is 11.3 Å².